The van der Waals surface area contributed by atoms with Gasteiger partial charge in [-0.05, 0) is 47.2 Å². The average molecular weight is 624 g/mol. The van der Waals surface area contributed by atoms with Gasteiger partial charge in [0.05, 0.1) is 29.2 Å². The SMILES string of the molecule is C=CCN(C)C(=O)[C@@H]1[C@H]2C(=O)N([C@@H](CO)Cc3ccccc3)C(C(=O)N(CC=C)c3ccc4ccccc4c3)C23S[C@@H]1CC3C. The highest BCUT2D eigenvalue weighted by Crippen LogP contribution is 2.69. The van der Waals surface area contributed by atoms with Crippen LogP contribution in [-0.4, -0.2) is 81.5 Å². The number of benzene rings is 3. The van der Waals surface area contributed by atoms with Gasteiger partial charge in [-0.1, -0.05) is 79.7 Å². The van der Waals surface area contributed by atoms with Gasteiger partial charge in [-0.15, -0.1) is 24.9 Å². The Balaban J connectivity index is 1.48. The largest absolute Gasteiger partial charge is 0.394 e. The fourth-order valence-corrected chi connectivity index (χ4v) is 10.4. The van der Waals surface area contributed by atoms with Gasteiger partial charge < -0.3 is 19.8 Å². The van der Waals surface area contributed by atoms with E-state index in [1.807, 2.05) is 72.8 Å². The molecule has 6 rings (SSSR count). The maximum absolute atomic E-state index is 15.2. The maximum atomic E-state index is 15.2. The Bertz CT molecular complexity index is 1630. The molecule has 0 saturated carbocycles. The minimum atomic E-state index is -0.866. The fraction of sp³-hybridized carbons (Fsp3) is 0.378. The first-order valence-corrected chi connectivity index (χ1v) is 16.6. The first kappa shape index (κ1) is 31.1. The monoisotopic (exact) mass is 623 g/mol. The summed E-state index contributed by atoms with van der Waals surface area (Å²) in [4.78, 5) is 49.0. The summed E-state index contributed by atoms with van der Waals surface area (Å²) in [7, 11) is 1.74. The van der Waals surface area contributed by atoms with Crippen LogP contribution in [0.2, 0.25) is 0 Å². The summed E-state index contributed by atoms with van der Waals surface area (Å²) in [6.07, 6.45) is 4.52. The number of anilines is 1. The molecule has 7 atom stereocenters. The minimum absolute atomic E-state index is 0.00686. The van der Waals surface area contributed by atoms with Gasteiger partial charge in [-0.25, -0.2) is 0 Å². The quantitative estimate of drug-likeness (QED) is 0.306. The molecule has 3 aromatic carbocycles. The maximum Gasteiger partial charge on any atom is 0.251 e. The molecule has 3 heterocycles. The third-order valence-electron chi connectivity index (χ3n) is 10.0. The van der Waals surface area contributed by atoms with Crippen LogP contribution in [0.5, 0.6) is 0 Å². The molecule has 3 saturated heterocycles. The minimum Gasteiger partial charge on any atom is -0.394 e. The van der Waals surface area contributed by atoms with Gasteiger partial charge in [0.15, 0.2) is 0 Å². The number of hydrogen-bond acceptors (Lipinski definition) is 5. The molecule has 3 aliphatic heterocycles. The van der Waals surface area contributed by atoms with Crippen LogP contribution >= 0.6 is 11.8 Å². The van der Waals surface area contributed by atoms with Crippen LogP contribution in [0.3, 0.4) is 0 Å². The zero-order valence-corrected chi connectivity index (χ0v) is 26.7. The van der Waals surface area contributed by atoms with E-state index in [1.165, 1.54) is 0 Å². The van der Waals surface area contributed by atoms with Crippen LogP contribution in [0.4, 0.5) is 5.69 Å². The standard InChI is InChI=1S/C37H41N3O4S/c1-5-18-38(4)34(42)31-30-20-24(3)37(45-30)32(31)35(43)40(29(23-41)21-25-12-8-7-9-13-25)33(37)36(44)39(19-6-2)28-17-16-26-14-10-11-15-27(26)22-28/h5-17,22,24,29-33,41H,1-2,18-21,23H2,3-4H3/t24?,29-,30-,31+,32+,33?,37?/m1/s1. The number of carbonyl (C=O) groups is 3. The predicted octanol–water partition coefficient (Wildman–Crippen LogP) is 4.94. The number of rotatable bonds is 11. The number of aliphatic hydroxyl groups excluding tert-OH is 1. The van der Waals surface area contributed by atoms with Crippen LogP contribution in [0.25, 0.3) is 10.8 Å². The number of likely N-dealkylation sites (N-methyl/N-ethyl adjacent to an activating group) is 1. The summed E-state index contributed by atoms with van der Waals surface area (Å²) in [5, 5.41) is 12.8. The Morgan fingerprint density at radius 3 is 2.40 bits per heavy atom. The molecular weight excluding hydrogens is 582 g/mol. The molecule has 0 aromatic heterocycles. The lowest BCUT2D eigenvalue weighted by atomic mass is 9.65. The topological polar surface area (TPSA) is 81.2 Å². The number of fused-ring (bicyclic) bond motifs is 2. The number of thioether (sulfide) groups is 1. The summed E-state index contributed by atoms with van der Waals surface area (Å²) in [5.41, 5.74) is 1.68. The zero-order chi connectivity index (χ0) is 31.9. The van der Waals surface area contributed by atoms with Crippen molar-refractivity contribution >= 4 is 45.9 Å². The van der Waals surface area contributed by atoms with Gasteiger partial charge in [0.2, 0.25) is 11.8 Å². The molecule has 2 bridgehead atoms. The Hall–Kier alpha value is -3.88. The predicted molar refractivity (Wildman–Crippen MR) is 181 cm³/mol. The van der Waals surface area contributed by atoms with Gasteiger partial charge >= 0.3 is 0 Å². The van der Waals surface area contributed by atoms with Crippen LogP contribution in [-0.2, 0) is 20.8 Å². The number of nitrogens with zero attached hydrogens (tertiary/aromatic N) is 3. The Labute approximate surface area is 269 Å². The zero-order valence-electron chi connectivity index (χ0n) is 25.9. The van der Waals surface area contributed by atoms with E-state index in [9.17, 15) is 14.7 Å². The van der Waals surface area contributed by atoms with Gasteiger partial charge in [-0.2, -0.15) is 0 Å². The van der Waals surface area contributed by atoms with Crippen molar-refractivity contribution in [2.45, 2.75) is 41.8 Å². The van der Waals surface area contributed by atoms with Gasteiger partial charge in [0.25, 0.3) is 5.91 Å². The molecule has 7 nitrogen and oxygen atoms in total. The molecule has 45 heavy (non-hydrogen) atoms. The first-order chi connectivity index (χ1) is 21.8. The molecule has 0 aliphatic carbocycles. The molecule has 8 heteroatoms. The summed E-state index contributed by atoms with van der Waals surface area (Å²) in [5.74, 6) is -1.72. The summed E-state index contributed by atoms with van der Waals surface area (Å²) >= 11 is 1.65. The summed E-state index contributed by atoms with van der Waals surface area (Å²) in [6, 6.07) is 22.2. The second kappa shape index (κ2) is 12.5. The molecule has 234 valence electrons. The highest BCUT2D eigenvalue weighted by atomic mass is 32.2. The number of aliphatic hydroxyl groups is 1. The van der Waals surface area contributed by atoms with Crippen LogP contribution in [0, 0.1) is 17.8 Å². The summed E-state index contributed by atoms with van der Waals surface area (Å²) < 4.78 is -0.811. The second-order valence-electron chi connectivity index (χ2n) is 12.6. The molecule has 3 aromatic rings. The Morgan fingerprint density at radius 2 is 1.71 bits per heavy atom. The molecule has 3 fully saturated rings. The van der Waals surface area contributed by atoms with Gasteiger partial charge in [0.1, 0.15) is 6.04 Å². The van der Waals surface area contributed by atoms with Crippen molar-refractivity contribution in [2.75, 3.05) is 31.6 Å². The molecule has 3 amide bonds. The fourth-order valence-electron chi connectivity index (χ4n) is 8.03. The Morgan fingerprint density at radius 1 is 1.02 bits per heavy atom. The normalized spacial score (nSPS) is 27.3. The van der Waals surface area contributed by atoms with E-state index >= 15 is 4.79 Å². The van der Waals surface area contributed by atoms with Crippen LogP contribution in [0.15, 0.2) is 98.1 Å². The molecular formula is C37H41N3O4S. The van der Waals surface area contributed by atoms with Crippen molar-refractivity contribution in [1.29, 1.82) is 0 Å². The van der Waals surface area contributed by atoms with E-state index in [0.717, 1.165) is 28.4 Å². The van der Waals surface area contributed by atoms with E-state index in [1.54, 1.807) is 45.7 Å². The molecule has 3 aliphatic rings. The number of likely N-dealkylation sites (tertiary alicyclic amines) is 1. The highest BCUT2D eigenvalue weighted by Gasteiger charge is 2.77. The van der Waals surface area contributed by atoms with Gasteiger partial charge in [-0.3, -0.25) is 14.4 Å². The number of carbonyl (C=O) groups excluding carboxylic acids is 3. The summed E-state index contributed by atoms with van der Waals surface area (Å²) in [6.45, 7) is 10.2. The van der Waals surface area contributed by atoms with E-state index in [-0.39, 0.29) is 42.0 Å². The molecule has 0 radical (unpaired) electrons. The van der Waals surface area contributed by atoms with E-state index in [0.29, 0.717) is 13.0 Å². The van der Waals surface area contributed by atoms with Gasteiger partial charge in [0, 0.05) is 31.1 Å². The Kier molecular flexibility index (Phi) is 8.63. The first-order valence-electron chi connectivity index (χ1n) is 15.7. The number of hydrogen-bond donors (Lipinski definition) is 1. The van der Waals surface area contributed by atoms with Crippen molar-refractivity contribution < 1.29 is 19.5 Å². The lowest BCUT2D eigenvalue weighted by Gasteiger charge is -2.42. The average Bonchev–Trinajstić information content (AvgIpc) is 3.65. The van der Waals surface area contributed by atoms with Crippen molar-refractivity contribution in [1.82, 2.24) is 9.80 Å². The van der Waals surface area contributed by atoms with E-state index in [2.05, 4.69) is 20.1 Å². The molecule has 1 N–H and O–H groups in total. The van der Waals surface area contributed by atoms with Crippen molar-refractivity contribution in [3.8, 4) is 0 Å². The van der Waals surface area contributed by atoms with E-state index < -0.39 is 28.7 Å². The van der Waals surface area contributed by atoms with Crippen molar-refractivity contribution in [3.63, 3.8) is 0 Å². The third kappa shape index (κ3) is 5.08. The second-order valence-corrected chi connectivity index (χ2v) is 14.1. The third-order valence-corrected chi connectivity index (χ3v) is 12.1. The smallest absolute Gasteiger partial charge is 0.251 e. The highest BCUT2D eigenvalue weighted by molar-refractivity contribution is 8.02. The van der Waals surface area contributed by atoms with E-state index in [4.69, 9.17) is 0 Å². The lowest BCUT2D eigenvalue weighted by Crippen LogP contribution is -2.59. The van der Waals surface area contributed by atoms with Crippen molar-refractivity contribution in [2.24, 2.45) is 17.8 Å². The van der Waals surface area contributed by atoms with Crippen LogP contribution in [0.1, 0.15) is 18.9 Å². The number of amides is 3. The lowest BCUT2D eigenvalue weighted by molar-refractivity contribution is -0.145. The molecule has 3 unspecified atom stereocenters. The molecule has 1 spiro atoms. The van der Waals surface area contributed by atoms with Crippen LogP contribution < -0.4 is 4.90 Å². The van der Waals surface area contributed by atoms with Crippen molar-refractivity contribution in [3.05, 3.63) is 104 Å².